The maximum atomic E-state index is 6.13. The van der Waals surface area contributed by atoms with E-state index in [4.69, 9.17) is 11.6 Å². The van der Waals surface area contributed by atoms with Gasteiger partial charge in [0.25, 0.3) is 0 Å². The van der Waals surface area contributed by atoms with E-state index in [9.17, 15) is 0 Å². The van der Waals surface area contributed by atoms with Crippen molar-refractivity contribution < 1.29 is 0 Å². The molecule has 0 atom stereocenters. The van der Waals surface area contributed by atoms with Crippen molar-refractivity contribution in [2.24, 2.45) is 4.99 Å². The molecule has 0 aliphatic rings. The third-order valence-corrected chi connectivity index (χ3v) is 3.54. The van der Waals surface area contributed by atoms with Gasteiger partial charge in [-0.3, -0.25) is 9.98 Å². The summed E-state index contributed by atoms with van der Waals surface area (Å²) >= 11 is 6.13. The Morgan fingerprint density at radius 2 is 1.86 bits per heavy atom. The second-order valence-corrected chi connectivity index (χ2v) is 5.04. The van der Waals surface area contributed by atoms with Gasteiger partial charge in [0.15, 0.2) is 5.96 Å². The molecule has 22 heavy (non-hydrogen) atoms. The Hall–Kier alpha value is -1.34. The van der Waals surface area contributed by atoms with Gasteiger partial charge in [0, 0.05) is 24.8 Å². The summed E-state index contributed by atoms with van der Waals surface area (Å²) in [5, 5.41) is 7.24. The van der Waals surface area contributed by atoms with E-state index in [1.165, 1.54) is 0 Å². The van der Waals surface area contributed by atoms with Gasteiger partial charge >= 0.3 is 0 Å². The number of pyridine rings is 1. The summed E-state index contributed by atoms with van der Waals surface area (Å²) in [5.74, 6) is 0.722. The van der Waals surface area contributed by atoms with Gasteiger partial charge in [0.05, 0.1) is 12.2 Å². The van der Waals surface area contributed by atoms with Crippen LogP contribution in [0.1, 0.15) is 16.8 Å². The highest BCUT2D eigenvalue weighted by Crippen LogP contribution is 2.14. The first-order valence-electron chi connectivity index (χ1n) is 6.79. The van der Waals surface area contributed by atoms with Crippen LogP contribution in [0.5, 0.6) is 0 Å². The molecule has 0 spiro atoms. The molecule has 0 unspecified atom stereocenters. The topological polar surface area (TPSA) is 49.3 Å². The molecule has 6 heteroatoms. The Morgan fingerprint density at radius 1 is 1.14 bits per heavy atom. The number of aromatic nitrogens is 1. The van der Waals surface area contributed by atoms with E-state index >= 15 is 0 Å². The number of nitrogens with zero attached hydrogens (tertiary/aromatic N) is 2. The van der Waals surface area contributed by atoms with Gasteiger partial charge in [-0.1, -0.05) is 35.9 Å². The van der Waals surface area contributed by atoms with Crippen molar-refractivity contribution in [1.29, 1.82) is 0 Å². The third-order valence-electron chi connectivity index (χ3n) is 3.17. The van der Waals surface area contributed by atoms with Gasteiger partial charge in [-0.15, -0.1) is 24.0 Å². The minimum Gasteiger partial charge on any atom is -0.352 e. The molecule has 0 aliphatic heterocycles. The molecule has 0 bridgehead atoms. The fraction of sp³-hybridized carbons (Fsp3) is 0.250. The summed E-state index contributed by atoms with van der Waals surface area (Å²) in [6.07, 6.45) is 1.80. The summed E-state index contributed by atoms with van der Waals surface area (Å²) in [6.45, 7) is 3.30. The molecule has 118 valence electrons. The van der Waals surface area contributed by atoms with Crippen molar-refractivity contribution in [3.63, 3.8) is 0 Å². The Labute approximate surface area is 153 Å². The van der Waals surface area contributed by atoms with Crippen molar-refractivity contribution >= 4 is 41.5 Å². The minimum absolute atomic E-state index is 0. The highest BCUT2D eigenvalue weighted by molar-refractivity contribution is 14.0. The van der Waals surface area contributed by atoms with E-state index in [1.807, 2.05) is 43.3 Å². The van der Waals surface area contributed by atoms with Crippen LogP contribution in [0.4, 0.5) is 0 Å². The summed E-state index contributed by atoms with van der Waals surface area (Å²) in [4.78, 5) is 8.55. The molecule has 4 nitrogen and oxygen atoms in total. The lowest BCUT2D eigenvalue weighted by Gasteiger charge is -2.13. The molecule has 2 aromatic rings. The number of nitrogens with one attached hydrogen (secondary N) is 2. The molecule has 0 saturated carbocycles. The average Bonchev–Trinajstić information content (AvgIpc) is 2.50. The third kappa shape index (κ3) is 5.46. The molecule has 0 aliphatic carbocycles. The highest BCUT2D eigenvalue weighted by Gasteiger charge is 2.03. The number of halogens is 2. The SMILES string of the molecule is CN=C(NCc1ccccc1Cl)NCc1ncccc1C.I. The second-order valence-electron chi connectivity index (χ2n) is 4.64. The van der Waals surface area contributed by atoms with E-state index in [1.54, 1.807) is 13.2 Å². The average molecular weight is 431 g/mol. The molecular formula is C16H20ClIN4. The van der Waals surface area contributed by atoms with Gasteiger partial charge in [-0.25, -0.2) is 0 Å². The summed E-state index contributed by atoms with van der Waals surface area (Å²) < 4.78 is 0. The van der Waals surface area contributed by atoms with Crippen LogP contribution in [-0.4, -0.2) is 18.0 Å². The van der Waals surface area contributed by atoms with Gasteiger partial charge in [-0.2, -0.15) is 0 Å². The fourth-order valence-corrected chi connectivity index (χ4v) is 2.11. The second kappa shape index (κ2) is 9.63. The molecular weight excluding hydrogens is 411 g/mol. The van der Waals surface area contributed by atoms with Crippen molar-refractivity contribution in [1.82, 2.24) is 15.6 Å². The number of benzene rings is 1. The van der Waals surface area contributed by atoms with Crippen molar-refractivity contribution in [2.45, 2.75) is 20.0 Å². The summed E-state index contributed by atoms with van der Waals surface area (Å²) in [5.41, 5.74) is 3.21. The Kier molecular flexibility index (Phi) is 8.19. The molecule has 1 aromatic heterocycles. The first-order chi connectivity index (χ1) is 10.2. The number of hydrogen-bond acceptors (Lipinski definition) is 2. The minimum atomic E-state index is 0. The number of aliphatic imine (C=N–C) groups is 1. The summed E-state index contributed by atoms with van der Waals surface area (Å²) in [6, 6.07) is 11.7. The number of guanidine groups is 1. The highest BCUT2D eigenvalue weighted by atomic mass is 127. The molecule has 0 radical (unpaired) electrons. The van der Waals surface area contributed by atoms with E-state index in [0.717, 1.165) is 27.8 Å². The largest absolute Gasteiger partial charge is 0.352 e. The Bertz CT molecular complexity index is 580. The van der Waals surface area contributed by atoms with E-state index in [0.29, 0.717) is 13.1 Å². The van der Waals surface area contributed by atoms with E-state index in [-0.39, 0.29) is 24.0 Å². The van der Waals surface area contributed by atoms with E-state index in [2.05, 4.69) is 20.6 Å². The molecule has 0 fully saturated rings. The smallest absolute Gasteiger partial charge is 0.191 e. The normalized spacial score (nSPS) is 10.8. The Morgan fingerprint density at radius 3 is 2.55 bits per heavy atom. The van der Waals surface area contributed by atoms with Crippen molar-refractivity contribution in [2.75, 3.05) is 7.05 Å². The number of hydrogen-bond donors (Lipinski definition) is 2. The quantitative estimate of drug-likeness (QED) is 0.443. The van der Waals surface area contributed by atoms with Crippen LogP contribution < -0.4 is 10.6 Å². The summed E-state index contributed by atoms with van der Waals surface area (Å²) in [7, 11) is 1.74. The zero-order valence-corrected chi connectivity index (χ0v) is 15.7. The standard InChI is InChI=1S/C16H19ClN4.HI/c1-12-6-5-9-19-15(12)11-21-16(18-2)20-10-13-7-3-4-8-14(13)17;/h3-9H,10-11H2,1-2H3,(H2,18,20,21);1H. The maximum Gasteiger partial charge on any atom is 0.191 e. The molecule has 1 heterocycles. The zero-order chi connectivity index (χ0) is 15.1. The van der Waals surface area contributed by atoms with Crippen molar-refractivity contribution in [3.8, 4) is 0 Å². The molecule has 0 amide bonds. The fourth-order valence-electron chi connectivity index (χ4n) is 1.91. The predicted octanol–water partition coefficient (Wildman–Crippen LogP) is 3.53. The van der Waals surface area contributed by atoms with Gasteiger partial charge in [0.1, 0.15) is 0 Å². The lowest BCUT2D eigenvalue weighted by atomic mass is 10.2. The Balaban J connectivity index is 0.00000242. The van der Waals surface area contributed by atoms with Crippen molar-refractivity contribution in [3.05, 3.63) is 64.4 Å². The lowest BCUT2D eigenvalue weighted by Crippen LogP contribution is -2.36. The number of aryl methyl sites for hydroxylation is 1. The monoisotopic (exact) mass is 430 g/mol. The number of rotatable bonds is 4. The van der Waals surface area contributed by atoms with Crippen LogP contribution in [-0.2, 0) is 13.1 Å². The van der Waals surface area contributed by atoms with Crippen LogP contribution in [0.3, 0.4) is 0 Å². The van der Waals surface area contributed by atoms with Crippen LogP contribution in [0, 0.1) is 6.92 Å². The van der Waals surface area contributed by atoms with Crippen LogP contribution >= 0.6 is 35.6 Å². The lowest BCUT2D eigenvalue weighted by molar-refractivity contribution is 0.790. The molecule has 1 aromatic carbocycles. The zero-order valence-electron chi connectivity index (χ0n) is 12.6. The van der Waals surface area contributed by atoms with Crippen LogP contribution in [0.25, 0.3) is 0 Å². The van der Waals surface area contributed by atoms with Gasteiger partial charge in [0.2, 0.25) is 0 Å². The van der Waals surface area contributed by atoms with Crippen LogP contribution in [0.15, 0.2) is 47.6 Å². The van der Waals surface area contributed by atoms with Gasteiger partial charge in [-0.05, 0) is 30.2 Å². The van der Waals surface area contributed by atoms with Gasteiger partial charge < -0.3 is 10.6 Å². The van der Waals surface area contributed by atoms with Crippen LogP contribution in [0.2, 0.25) is 5.02 Å². The molecule has 2 rings (SSSR count). The maximum absolute atomic E-state index is 6.13. The first-order valence-corrected chi connectivity index (χ1v) is 7.17. The predicted molar refractivity (Wildman–Crippen MR) is 103 cm³/mol. The van der Waals surface area contributed by atoms with E-state index < -0.39 is 0 Å². The molecule has 0 saturated heterocycles. The molecule has 2 N–H and O–H groups in total. The first kappa shape index (κ1) is 18.7.